The molecule has 2 aromatic carbocycles. The van der Waals surface area contributed by atoms with E-state index >= 15 is 0 Å². The second-order valence-corrected chi connectivity index (χ2v) is 8.78. The number of nitrogens with one attached hydrogen (secondary N) is 1. The molecule has 2 aliphatic rings. The summed E-state index contributed by atoms with van der Waals surface area (Å²) in [6.45, 7) is 8.66. The lowest BCUT2D eigenvalue weighted by molar-refractivity contribution is -0.000460. The van der Waals surface area contributed by atoms with Gasteiger partial charge in [0.25, 0.3) is 5.56 Å². The molecule has 0 saturated heterocycles. The summed E-state index contributed by atoms with van der Waals surface area (Å²) in [5.74, 6) is 0.282. The molecule has 0 aromatic heterocycles. The molecule has 7 nitrogen and oxygen atoms in total. The van der Waals surface area contributed by atoms with E-state index in [-0.39, 0.29) is 23.7 Å². The molecule has 0 amide bonds. The Hall–Kier alpha value is -3.32. The SMILES string of the molecule is CCCc1cc2nc3c(=O)[nH]c(=O)nc-3n(CC(Cc3ccccc3)OC(C)C)c2cc1C. The predicted molar refractivity (Wildman–Crippen MR) is 130 cm³/mol. The van der Waals surface area contributed by atoms with Crippen LogP contribution in [0.5, 0.6) is 0 Å². The molecular formula is C26H30N4O3. The van der Waals surface area contributed by atoms with Crippen molar-refractivity contribution < 1.29 is 4.74 Å². The molecule has 1 unspecified atom stereocenters. The molecule has 33 heavy (non-hydrogen) atoms. The van der Waals surface area contributed by atoms with Crippen molar-refractivity contribution in [3.8, 4) is 11.5 Å². The zero-order valence-corrected chi connectivity index (χ0v) is 19.6. The first-order valence-corrected chi connectivity index (χ1v) is 11.5. The Bertz CT molecular complexity index is 1340. The van der Waals surface area contributed by atoms with Crippen molar-refractivity contribution in [2.24, 2.45) is 0 Å². The van der Waals surface area contributed by atoms with Crippen molar-refractivity contribution in [3.63, 3.8) is 0 Å². The smallest absolute Gasteiger partial charge is 0.349 e. The first-order chi connectivity index (χ1) is 15.9. The summed E-state index contributed by atoms with van der Waals surface area (Å²) >= 11 is 0. The molecule has 0 fully saturated rings. The third kappa shape index (κ3) is 5.03. The third-order valence-corrected chi connectivity index (χ3v) is 5.74. The minimum atomic E-state index is -0.675. The van der Waals surface area contributed by atoms with Gasteiger partial charge in [0, 0.05) is 6.42 Å². The molecule has 2 aliphatic heterocycles. The number of fused-ring (bicyclic) bond motifs is 2. The van der Waals surface area contributed by atoms with Gasteiger partial charge in [-0.15, -0.1) is 0 Å². The number of hydrogen-bond acceptors (Lipinski definition) is 5. The molecule has 1 N–H and O–H groups in total. The van der Waals surface area contributed by atoms with Crippen molar-refractivity contribution in [3.05, 3.63) is 80.0 Å². The lowest BCUT2D eigenvalue weighted by atomic mass is 10.0. The van der Waals surface area contributed by atoms with Gasteiger partial charge in [0.2, 0.25) is 0 Å². The first kappa shape index (κ1) is 22.9. The second kappa shape index (κ2) is 9.67. The molecule has 0 aliphatic carbocycles. The monoisotopic (exact) mass is 446 g/mol. The first-order valence-electron chi connectivity index (χ1n) is 11.5. The van der Waals surface area contributed by atoms with Gasteiger partial charge in [0.15, 0.2) is 11.5 Å². The molecule has 0 bridgehead atoms. The van der Waals surface area contributed by atoms with Gasteiger partial charge in [0.05, 0.1) is 29.8 Å². The summed E-state index contributed by atoms with van der Waals surface area (Å²) in [4.78, 5) is 35.7. The number of ether oxygens (including phenoxy) is 1. The maximum atomic E-state index is 12.6. The fourth-order valence-corrected chi connectivity index (χ4v) is 4.33. The molecular weight excluding hydrogens is 416 g/mol. The van der Waals surface area contributed by atoms with E-state index in [1.807, 2.05) is 42.7 Å². The number of aromatic nitrogens is 4. The van der Waals surface area contributed by atoms with Crippen LogP contribution >= 0.6 is 0 Å². The highest BCUT2D eigenvalue weighted by atomic mass is 16.5. The van der Waals surface area contributed by atoms with Gasteiger partial charge in [-0.05, 0) is 56.0 Å². The Kier molecular flexibility index (Phi) is 6.70. The molecule has 7 heteroatoms. The zero-order chi connectivity index (χ0) is 23.5. The maximum Gasteiger partial charge on any atom is 0.349 e. The van der Waals surface area contributed by atoms with Gasteiger partial charge < -0.3 is 9.30 Å². The summed E-state index contributed by atoms with van der Waals surface area (Å²) in [5, 5.41) is 0. The van der Waals surface area contributed by atoms with E-state index in [2.05, 4.69) is 47.0 Å². The van der Waals surface area contributed by atoms with E-state index in [0.29, 0.717) is 18.5 Å². The van der Waals surface area contributed by atoms with Crippen LogP contribution < -0.4 is 11.2 Å². The van der Waals surface area contributed by atoms with Crippen molar-refractivity contribution in [1.82, 2.24) is 19.5 Å². The van der Waals surface area contributed by atoms with Crippen molar-refractivity contribution >= 4 is 11.0 Å². The van der Waals surface area contributed by atoms with E-state index in [0.717, 1.165) is 29.5 Å². The lowest BCUT2D eigenvalue weighted by Gasteiger charge is -2.25. The van der Waals surface area contributed by atoms with E-state index in [1.165, 1.54) is 5.56 Å². The third-order valence-electron chi connectivity index (χ3n) is 5.74. The van der Waals surface area contributed by atoms with E-state index in [1.54, 1.807) is 0 Å². The van der Waals surface area contributed by atoms with Gasteiger partial charge in [-0.2, -0.15) is 4.98 Å². The Morgan fingerprint density at radius 2 is 1.85 bits per heavy atom. The van der Waals surface area contributed by atoms with Crippen LogP contribution in [-0.4, -0.2) is 31.7 Å². The maximum absolute atomic E-state index is 12.6. The topological polar surface area (TPSA) is 89.9 Å². The average Bonchev–Trinajstić information content (AvgIpc) is 2.76. The molecule has 0 spiro atoms. The summed E-state index contributed by atoms with van der Waals surface area (Å²) in [7, 11) is 0. The summed E-state index contributed by atoms with van der Waals surface area (Å²) in [6.07, 6.45) is 2.48. The molecule has 172 valence electrons. The minimum absolute atomic E-state index is 0.0167. The van der Waals surface area contributed by atoms with Crippen LogP contribution in [0.3, 0.4) is 0 Å². The highest BCUT2D eigenvalue weighted by molar-refractivity contribution is 5.81. The van der Waals surface area contributed by atoms with Crippen LogP contribution in [0.1, 0.15) is 43.9 Å². The van der Waals surface area contributed by atoms with Crippen molar-refractivity contribution in [1.29, 1.82) is 0 Å². The van der Waals surface area contributed by atoms with Crippen LogP contribution in [0.4, 0.5) is 0 Å². The highest BCUT2D eigenvalue weighted by Gasteiger charge is 2.23. The summed E-state index contributed by atoms with van der Waals surface area (Å²) in [6, 6.07) is 14.3. The number of rotatable bonds is 8. The van der Waals surface area contributed by atoms with Gasteiger partial charge in [-0.3, -0.25) is 9.78 Å². The Labute approximate surface area is 192 Å². The second-order valence-electron chi connectivity index (χ2n) is 8.78. The molecule has 2 aromatic rings. The predicted octanol–water partition coefficient (Wildman–Crippen LogP) is 3.88. The average molecular weight is 447 g/mol. The van der Waals surface area contributed by atoms with Gasteiger partial charge >= 0.3 is 5.69 Å². The van der Waals surface area contributed by atoms with Crippen LogP contribution in [0, 0.1) is 6.92 Å². The quantitative estimate of drug-likeness (QED) is 0.415. The number of aryl methyl sites for hydroxylation is 2. The molecule has 1 atom stereocenters. The zero-order valence-electron chi connectivity index (χ0n) is 19.6. The Morgan fingerprint density at radius 1 is 1.09 bits per heavy atom. The van der Waals surface area contributed by atoms with Crippen molar-refractivity contribution in [2.75, 3.05) is 0 Å². The number of H-pyrrole nitrogens is 1. The molecule has 2 heterocycles. The largest absolute Gasteiger partial charge is 0.373 e. The van der Waals surface area contributed by atoms with Crippen LogP contribution in [0.15, 0.2) is 52.1 Å². The summed E-state index contributed by atoms with van der Waals surface area (Å²) < 4.78 is 8.20. The van der Waals surface area contributed by atoms with E-state index in [9.17, 15) is 9.59 Å². The Balaban J connectivity index is 1.90. The van der Waals surface area contributed by atoms with Crippen LogP contribution in [0.25, 0.3) is 22.6 Å². The standard InChI is InChI=1S/C26H30N4O3/c1-5-9-19-14-21-22(12-17(19)4)30(24-23(27-21)25(31)29-26(32)28-24)15-20(33-16(2)3)13-18-10-7-6-8-11-18/h6-8,10-12,14,16,20H,5,9,13,15H2,1-4H3,(H,29,31,32). The van der Waals surface area contributed by atoms with Crippen LogP contribution in [-0.2, 0) is 24.1 Å². The number of benzene rings is 2. The van der Waals surface area contributed by atoms with E-state index in [4.69, 9.17) is 4.74 Å². The minimum Gasteiger partial charge on any atom is -0.373 e. The van der Waals surface area contributed by atoms with Gasteiger partial charge in [-0.25, -0.2) is 9.78 Å². The van der Waals surface area contributed by atoms with Crippen molar-refractivity contribution in [2.45, 2.75) is 65.7 Å². The highest BCUT2D eigenvalue weighted by Crippen LogP contribution is 2.26. The number of hydrogen-bond donors (Lipinski definition) is 1. The van der Waals surface area contributed by atoms with Gasteiger partial charge in [-0.1, -0.05) is 43.7 Å². The van der Waals surface area contributed by atoms with Crippen LogP contribution in [0.2, 0.25) is 0 Å². The number of aromatic amines is 1. The fourth-order valence-electron chi connectivity index (χ4n) is 4.33. The lowest BCUT2D eigenvalue weighted by Crippen LogP contribution is -2.32. The molecule has 0 saturated carbocycles. The normalized spacial score (nSPS) is 12.6. The fraction of sp³-hybridized carbons (Fsp3) is 0.385. The summed E-state index contributed by atoms with van der Waals surface area (Å²) in [5.41, 5.74) is 4.02. The van der Waals surface area contributed by atoms with Gasteiger partial charge in [0.1, 0.15) is 0 Å². The molecule has 0 radical (unpaired) electrons. The van der Waals surface area contributed by atoms with E-state index < -0.39 is 11.2 Å². The molecule has 4 rings (SSSR count). The number of nitrogens with zero attached hydrogens (tertiary/aromatic N) is 3. The Morgan fingerprint density at radius 3 is 2.55 bits per heavy atom.